The zero-order chi connectivity index (χ0) is 14.9. The smallest absolute Gasteiger partial charge is 0.255 e. The maximum absolute atomic E-state index is 12.6. The first-order valence-electron chi connectivity index (χ1n) is 6.87. The van der Waals surface area contributed by atoms with Gasteiger partial charge in [-0.25, -0.2) is 8.42 Å². The molecule has 1 amide bonds. The van der Waals surface area contributed by atoms with Gasteiger partial charge in [0, 0.05) is 19.3 Å². The summed E-state index contributed by atoms with van der Waals surface area (Å²) in [6.45, 7) is 5.64. The molecule has 110 valence electrons. The normalized spacial score (nSPS) is 23.6. The Morgan fingerprint density at radius 1 is 1.15 bits per heavy atom. The van der Waals surface area contributed by atoms with Gasteiger partial charge in [-0.15, -0.1) is 0 Å². The second-order valence-corrected chi connectivity index (χ2v) is 7.91. The van der Waals surface area contributed by atoms with E-state index in [1.807, 2.05) is 0 Å². The topological polar surface area (TPSA) is 54.5 Å². The van der Waals surface area contributed by atoms with Crippen molar-refractivity contribution < 1.29 is 13.2 Å². The number of carbonyl (C=O) groups excluding carboxylic acids is 1. The molecule has 0 radical (unpaired) electrons. The highest BCUT2D eigenvalue weighted by molar-refractivity contribution is 7.90. The highest BCUT2D eigenvalue weighted by Crippen LogP contribution is 2.24. The molecule has 0 aliphatic carbocycles. The van der Waals surface area contributed by atoms with E-state index in [2.05, 4.69) is 13.8 Å². The molecule has 4 nitrogen and oxygen atoms in total. The van der Waals surface area contributed by atoms with Crippen molar-refractivity contribution in [3.8, 4) is 0 Å². The number of likely N-dealkylation sites (tertiary alicyclic amines) is 1. The van der Waals surface area contributed by atoms with Crippen molar-refractivity contribution in [2.24, 2.45) is 11.8 Å². The van der Waals surface area contributed by atoms with Crippen LogP contribution in [-0.2, 0) is 9.84 Å². The first kappa shape index (κ1) is 15.0. The van der Waals surface area contributed by atoms with Crippen LogP contribution in [0.1, 0.15) is 30.6 Å². The Kier molecular flexibility index (Phi) is 4.18. The highest BCUT2D eigenvalue weighted by atomic mass is 32.2. The van der Waals surface area contributed by atoms with Gasteiger partial charge in [-0.1, -0.05) is 26.0 Å². The molecular weight excluding hydrogens is 274 g/mol. The van der Waals surface area contributed by atoms with Gasteiger partial charge in [0.05, 0.1) is 10.5 Å². The summed E-state index contributed by atoms with van der Waals surface area (Å²) >= 11 is 0. The van der Waals surface area contributed by atoms with E-state index >= 15 is 0 Å². The molecular formula is C15H21NO3S. The molecule has 2 atom stereocenters. The van der Waals surface area contributed by atoms with Crippen molar-refractivity contribution in [1.82, 2.24) is 4.90 Å². The lowest BCUT2D eigenvalue weighted by Gasteiger charge is -2.35. The van der Waals surface area contributed by atoms with Gasteiger partial charge in [0.2, 0.25) is 0 Å². The fraction of sp³-hybridized carbons (Fsp3) is 0.533. The molecule has 0 N–H and O–H groups in total. The van der Waals surface area contributed by atoms with Crippen LogP contribution in [0.3, 0.4) is 0 Å². The molecule has 1 aliphatic heterocycles. The third-order valence-corrected chi connectivity index (χ3v) is 4.83. The zero-order valence-electron chi connectivity index (χ0n) is 12.2. The van der Waals surface area contributed by atoms with Gasteiger partial charge < -0.3 is 4.90 Å². The fourth-order valence-corrected chi connectivity index (χ4v) is 3.85. The Bertz CT molecular complexity index is 599. The number of amides is 1. The molecule has 1 aliphatic rings. The van der Waals surface area contributed by atoms with Crippen molar-refractivity contribution in [1.29, 1.82) is 0 Å². The average molecular weight is 295 g/mol. The number of benzene rings is 1. The van der Waals surface area contributed by atoms with Crippen molar-refractivity contribution in [3.05, 3.63) is 29.8 Å². The predicted octanol–water partition coefficient (Wildman–Crippen LogP) is 2.21. The third-order valence-electron chi connectivity index (χ3n) is 3.67. The van der Waals surface area contributed by atoms with Crippen molar-refractivity contribution in [3.63, 3.8) is 0 Å². The number of rotatable bonds is 2. The molecule has 1 aromatic carbocycles. The summed E-state index contributed by atoms with van der Waals surface area (Å²) in [6.07, 6.45) is 2.25. The molecule has 20 heavy (non-hydrogen) atoms. The Morgan fingerprint density at radius 2 is 1.70 bits per heavy atom. The van der Waals surface area contributed by atoms with Gasteiger partial charge >= 0.3 is 0 Å². The fourth-order valence-electron chi connectivity index (χ4n) is 2.97. The van der Waals surface area contributed by atoms with Crippen LogP contribution in [0.15, 0.2) is 29.2 Å². The van der Waals surface area contributed by atoms with Gasteiger partial charge in [-0.2, -0.15) is 0 Å². The third kappa shape index (κ3) is 3.20. The van der Waals surface area contributed by atoms with Gasteiger partial charge in [-0.3, -0.25) is 4.79 Å². The van der Waals surface area contributed by atoms with Gasteiger partial charge in [0.15, 0.2) is 9.84 Å². The lowest BCUT2D eigenvalue weighted by Crippen LogP contribution is -2.42. The molecule has 5 heteroatoms. The van der Waals surface area contributed by atoms with E-state index in [0.717, 1.165) is 12.7 Å². The van der Waals surface area contributed by atoms with E-state index in [9.17, 15) is 13.2 Å². The van der Waals surface area contributed by atoms with Crippen molar-refractivity contribution >= 4 is 15.7 Å². The van der Waals surface area contributed by atoms with Crippen molar-refractivity contribution in [2.75, 3.05) is 19.3 Å². The monoisotopic (exact) mass is 295 g/mol. The number of hydrogen-bond acceptors (Lipinski definition) is 3. The van der Waals surface area contributed by atoms with Crippen molar-refractivity contribution in [2.45, 2.75) is 25.2 Å². The maximum atomic E-state index is 12.6. The summed E-state index contributed by atoms with van der Waals surface area (Å²) < 4.78 is 23.6. The van der Waals surface area contributed by atoms with Gasteiger partial charge in [0.25, 0.3) is 5.91 Å². The minimum atomic E-state index is -3.39. The summed E-state index contributed by atoms with van der Waals surface area (Å²) in [5, 5.41) is 0. The Hall–Kier alpha value is -1.36. The van der Waals surface area contributed by atoms with E-state index in [1.54, 1.807) is 23.1 Å². The lowest BCUT2D eigenvalue weighted by molar-refractivity contribution is 0.0619. The summed E-state index contributed by atoms with van der Waals surface area (Å²) in [5.74, 6) is 0.727. The van der Waals surface area contributed by atoms with Gasteiger partial charge in [0.1, 0.15) is 0 Å². The van der Waals surface area contributed by atoms with Crippen LogP contribution in [0.25, 0.3) is 0 Å². The van der Waals surface area contributed by atoms with Gasteiger partial charge in [-0.05, 0) is 30.4 Å². The molecule has 0 spiro atoms. The SMILES string of the molecule is C[C@@H]1C[C@@H](C)CN(C(=O)c2ccccc2S(C)(=O)=O)C1. The molecule has 1 saturated heterocycles. The molecule has 0 saturated carbocycles. The number of nitrogens with zero attached hydrogens (tertiary/aromatic N) is 1. The summed E-state index contributed by atoms with van der Waals surface area (Å²) in [7, 11) is -3.39. The van der Waals surface area contributed by atoms with E-state index in [1.165, 1.54) is 6.07 Å². The Labute approximate surface area is 120 Å². The minimum absolute atomic E-state index is 0.121. The molecule has 0 unspecified atom stereocenters. The summed E-state index contributed by atoms with van der Waals surface area (Å²) in [6, 6.07) is 6.45. The second-order valence-electron chi connectivity index (χ2n) is 5.92. The number of hydrogen-bond donors (Lipinski definition) is 0. The average Bonchev–Trinajstić information content (AvgIpc) is 2.35. The number of piperidine rings is 1. The second kappa shape index (κ2) is 5.56. The standard InChI is InChI=1S/C15H21NO3S/c1-11-8-12(2)10-16(9-11)15(17)13-6-4-5-7-14(13)20(3,18)19/h4-7,11-12H,8-10H2,1-3H3/t11-,12-/m1/s1. The molecule has 0 bridgehead atoms. The van der Waals surface area contributed by atoms with Crippen LogP contribution >= 0.6 is 0 Å². The maximum Gasteiger partial charge on any atom is 0.255 e. The number of sulfone groups is 1. The van der Waals surface area contributed by atoms with Crippen LogP contribution in [0, 0.1) is 11.8 Å². The largest absolute Gasteiger partial charge is 0.338 e. The lowest BCUT2D eigenvalue weighted by atomic mass is 9.91. The zero-order valence-corrected chi connectivity index (χ0v) is 13.0. The molecule has 2 rings (SSSR count). The Balaban J connectivity index is 2.35. The van der Waals surface area contributed by atoms with E-state index in [0.29, 0.717) is 24.9 Å². The van der Waals surface area contributed by atoms with E-state index < -0.39 is 9.84 Å². The molecule has 1 fully saturated rings. The van der Waals surface area contributed by atoms with E-state index in [4.69, 9.17) is 0 Å². The van der Waals surface area contributed by atoms with Crippen LogP contribution < -0.4 is 0 Å². The molecule has 1 aromatic rings. The number of carbonyl (C=O) groups is 1. The predicted molar refractivity (Wildman–Crippen MR) is 78.4 cm³/mol. The highest BCUT2D eigenvalue weighted by Gasteiger charge is 2.28. The quantitative estimate of drug-likeness (QED) is 0.840. The Morgan fingerprint density at radius 3 is 2.25 bits per heavy atom. The minimum Gasteiger partial charge on any atom is -0.338 e. The van der Waals surface area contributed by atoms with Crippen LogP contribution in [-0.4, -0.2) is 38.6 Å². The molecule has 1 heterocycles. The van der Waals surface area contributed by atoms with Crippen LogP contribution in [0.2, 0.25) is 0 Å². The first-order chi connectivity index (χ1) is 9.29. The first-order valence-corrected chi connectivity index (χ1v) is 8.76. The summed E-state index contributed by atoms with van der Waals surface area (Å²) in [4.78, 5) is 14.5. The van der Waals surface area contributed by atoms with Crippen LogP contribution in [0.4, 0.5) is 0 Å². The van der Waals surface area contributed by atoms with Crippen LogP contribution in [0.5, 0.6) is 0 Å². The molecule has 0 aromatic heterocycles. The van der Waals surface area contributed by atoms with E-state index in [-0.39, 0.29) is 16.4 Å². The summed E-state index contributed by atoms with van der Waals surface area (Å²) in [5.41, 5.74) is 0.288.